The minimum absolute atomic E-state index is 0.240. The van der Waals surface area contributed by atoms with Crippen LogP contribution in [0.25, 0.3) is 0 Å². The van der Waals surface area contributed by atoms with Crippen molar-refractivity contribution in [2.45, 2.75) is 38.6 Å². The number of rotatable bonds is 4. The monoisotopic (exact) mass is 305 g/mol. The highest BCUT2D eigenvalue weighted by atomic mass is 16.5. The lowest BCUT2D eigenvalue weighted by molar-refractivity contribution is 0.0409. The van der Waals surface area contributed by atoms with Gasteiger partial charge in [-0.25, -0.2) is 0 Å². The Morgan fingerprint density at radius 3 is 2.82 bits per heavy atom. The SMILES string of the molecule is CC[C@H]1CN2CCc3cc(O)c(OC)cc3[C@@H]2C[C@@H]1CCO. The van der Waals surface area contributed by atoms with E-state index in [1.54, 1.807) is 7.11 Å². The van der Waals surface area contributed by atoms with Crippen molar-refractivity contribution in [2.75, 3.05) is 26.8 Å². The van der Waals surface area contributed by atoms with Crippen LogP contribution in [0.15, 0.2) is 12.1 Å². The third-order valence-corrected chi connectivity index (χ3v) is 5.59. The zero-order valence-electron chi connectivity index (χ0n) is 13.6. The second-order valence-corrected chi connectivity index (χ2v) is 6.66. The summed E-state index contributed by atoms with van der Waals surface area (Å²) in [5, 5.41) is 19.4. The third-order valence-electron chi connectivity index (χ3n) is 5.59. The van der Waals surface area contributed by atoms with E-state index in [-0.39, 0.29) is 12.4 Å². The minimum Gasteiger partial charge on any atom is -0.504 e. The summed E-state index contributed by atoms with van der Waals surface area (Å²) in [5.74, 6) is 2.08. The molecule has 4 nitrogen and oxygen atoms in total. The van der Waals surface area contributed by atoms with Crippen molar-refractivity contribution in [1.29, 1.82) is 0 Å². The molecule has 2 N–H and O–H groups in total. The maximum atomic E-state index is 10.0. The van der Waals surface area contributed by atoms with E-state index < -0.39 is 0 Å². The van der Waals surface area contributed by atoms with Crippen molar-refractivity contribution < 1.29 is 14.9 Å². The van der Waals surface area contributed by atoms with Crippen molar-refractivity contribution in [2.24, 2.45) is 11.8 Å². The number of phenols is 1. The highest BCUT2D eigenvalue weighted by Gasteiger charge is 2.38. The van der Waals surface area contributed by atoms with Crippen LogP contribution >= 0.6 is 0 Å². The number of benzene rings is 1. The number of methoxy groups -OCH3 is 1. The number of hydrogen-bond acceptors (Lipinski definition) is 4. The lowest BCUT2D eigenvalue weighted by Crippen LogP contribution is -2.46. The maximum absolute atomic E-state index is 10.0. The molecule has 1 saturated heterocycles. The van der Waals surface area contributed by atoms with E-state index in [2.05, 4.69) is 11.8 Å². The Hall–Kier alpha value is -1.26. The number of ether oxygens (including phenoxy) is 1. The highest BCUT2D eigenvalue weighted by Crippen LogP contribution is 2.45. The van der Waals surface area contributed by atoms with Crippen molar-refractivity contribution in [3.8, 4) is 11.5 Å². The number of phenolic OH excluding ortho intramolecular Hbond substituents is 1. The van der Waals surface area contributed by atoms with Gasteiger partial charge in [-0.2, -0.15) is 0 Å². The van der Waals surface area contributed by atoms with Crippen molar-refractivity contribution in [3.05, 3.63) is 23.3 Å². The molecule has 0 bridgehead atoms. The van der Waals surface area contributed by atoms with E-state index in [4.69, 9.17) is 4.74 Å². The fraction of sp³-hybridized carbons (Fsp3) is 0.667. The first-order valence-electron chi connectivity index (χ1n) is 8.42. The number of aromatic hydroxyl groups is 1. The predicted octanol–water partition coefficient (Wildman–Crippen LogP) is 2.73. The summed E-state index contributed by atoms with van der Waals surface area (Å²) in [6.07, 6.45) is 4.16. The van der Waals surface area contributed by atoms with E-state index in [9.17, 15) is 10.2 Å². The fourth-order valence-corrected chi connectivity index (χ4v) is 4.34. The summed E-state index contributed by atoms with van der Waals surface area (Å²) in [6.45, 7) is 4.72. The van der Waals surface area contributed by atoms with Gasteiger partial charge in [0.15, 0.2) is 11.5 Å². The summed E-state index contributed by atoms with van der Waals surface area (Å²) in [5.41, 5.74) is 2.55. The number of piperidine rings is 1. The molecule has 3 rings (SSSR count). The van der Waals surface area contributed by atoms with E-state index in [0.717, 1.165) is 32.4 Å². The molecule has 2 aliphatic rings. The lowest BCUT2D eigenvalue weighted by Gasteiger charge is -2.47. The molecule has 0 amide bonds. The summed E-state index contributed by atoms with van der Waals surface area (Å²) in [4.78, 5) is 2.58. The van der Waals surface area contributed by atoms with Gasteiger partial charge in [0.05, 0.1) is 7.11 Å². The van der Waals surface area contributed by atoms with Crippen LogP contribution in [0.1, 0.15) is 43.4 Å². The molecule has 22 heavy (non-hydrogen) atoms. The van der Waals surface area contributed by atoms with Crippen LogP contribution in [-0.4, -0.2) is 41.9 Å². The average molecular weight is 305 g/mol. The van der Waals surface area contributed by atoms with E-state index >= 15 is 0 Å². The molecule has 2 heterocycles. The quantitative estimate of drug-likeness (QED) is 0.898. The molecule has 1 aromatic carbocycles. The van der Waals surface area contributed by atoms with Gasteiger partial charge in [-0.05, 0) is 54.4 Å². The van der Waals surface area contributed by atoms with Crippen LogP contribution in [0.3, 0.4) is 0 Å². The molecule has 122 valence electrons. The third kappa shape index (κ3) is 2.70. The highest BCUT2D eigenvalue weighted by molar-refractivity contribution is 5.48. The molecule has 0 spiro atoms. The Bertz CT molecular complexity index is 531. The molecule has 0 saturated carbocycles. The summed E-state index contributed by atoms with van der Waals surface area (Å²) >= 11 is 0. The fourth-order valence-electron chi connectivity index (χ4n) is 4.34. The van der Waals surface area contributed by atoms with Crippen LogP contribution in [0.2, 0.25) is 0 Å². The first kappa shape index (κ1) is 15.6. The molecule has 1 fully saturated rings. The van der Waals surface area contributed by atoms with Gasteiger partial charge in [0.25, 0.3) is 0 Å². The topological polar surface area (TPSA) is 52.9 Å². The van der Waals surface area contributed by atoms with Gasteiger partial charge in [0.2, 0.25) is 0 Å². The number of nitrogens with zero attached hydrogens (tertiary/aromatic N) is 1. The van der Waals surface area contributed by atoms with Crippen molar-refractivity contribution >= 4 is 0 Å². The number of fused-ring (bicyclic) bond motifs is 3. The zero-order valence-corrected chi connectivity index (χ0v) is 13.6. The normalized spacial score (nSPS) is 28.0. The molecular weight excluding hydrogens is 278 g/mol. The summed E-state index contributed by atoms with van der Waals surface area (Å²) in [7, 11) is 1.60. The molecule has 2 aliphatic heterocycles. The van der Waals surface area contributed by atoms with Crippen molar-refractivity contribution in [3.63, 3.8) is 0 Å². The van der Waals surface area contributed by atoms with Gasteiger partial charge in [0, 0.05) is 25.7 Å². The Balaban J connectivity index is 1.91. The molecule has 0 radical (unpaired) electrons. The molecule has 0 aliphatic carbocycles. The van der Waals surface area contributed by atoms with Gasteiger partial charge in [-0.15, -0.1) is 0 Å². The Morgan fingerprint density at radius 2 is 2.14 bits per heavy atom. The van der Waals surface area contributed by atoms with Crippen LogP contribution < -0.4 is 4.74 Å². The van der Waals surface area contributed by atoms with Gasteiger partial charge in [0.1, 0.15) is 0 Å². The number of hydrogen-bond donors (Lipinski definition) is 2. The van der Waals surface area contributed by atoms with Crippen LogP contribution in [-0.2, 0) is 6.42 Å². The maximum Gasteiger partial charge on any atom is 0.160 e. The van der Waals surface area contributed by atoms with Gasteiger partial charge < -0.3 is 14.9 Å². The summed E-state index contributed by atoms with van der Waals surface area (Å²) < 4.78 is 5.30. The zero-order chi connectivity index (χ0) is 15.7. The number of aliphatic hydroxyl groups is 1. The minimum atomic E-state index is 0.240. The van der Waals surface area contributed by atoms with Crippen LogP contribution in [0.5, 0.6) is 11.5 Å². The summed E-state index contributed by atoms with van der Waals surface area (Å²) in [6, 6.07) is 4.29. The second-order valence-electron chi connectivity index (χ2n) is 6.66. The first-order chi connectivity index (χ1) is 10.7. The van der Waals surface area contributed by atoms with E-state index in [1.807, 2.05) is 12.1 Å². The number of aliphatic hydroxyl groups excluding tert-OH is 1. The molecule has 0 unspecified atom stereocenters. The second kappa shape index (κ2) is 6.47. The Labute approximate surface area is 132 Å². The Morgan fingerprint density at radius 1 is 1.32 bits per heavy atom. The molecule has 1 aromatic rings. The Kier molecular flexibility index (Phi) is 4.59. The van der Waals surface area contributed by atoms with Gasteiger partial charge in [-0.1, -0.05) is 13.3 Å². The molecular formula is C18H27NO3. The van der Waals surface area contributed by atoms with E-state index in [0.29, 0.717) is 23.6 Å². The van der Waals surface area contributed by atoms with Crippen LogP contribution in [0, 0.1) is 11.8 Å². The van der Waals surface area contributed by atoms with E-state index in [1.165, 1.54) is 17.5 Å². The standard InChI is InChI=1S/C18H27NO3/c1-3-12-11-19-6-4-14-9-17(21)18(22-2)10-15(14)16(19)8-13(12)5-7-20/h9-10,12-13,16,20-21H,3-8,11H2,1-2H3/t12-,13-,16-/m0/s1. The van der Waals surface area contributed by atoms with Crippen molar-refractivity contribution in [1.82, 2.24) is 4.90 Å². The van der Waals surface area contributed by atoms with Gasteiger partial charge >= 0.3 is 0 Å². The lowest BCUT2D eigenvalue weighted by atomic mass is 9.74. The predicted molar refractivity (Wildman–Crippen MR) is 86.3 cm³/mol. The first-order valence-corrected chi connectivity index (χ1v) is 8.42. The molecule has 4 heteroatoms. The molecule has 3 atom stereocenters. The largest absolute Gasteiger partial charge is 0.504 e. The van der Waals surface area contributed by atoms with Gasteiger partial charge in [-0.3, -0.25) is 4.90 Å². The molecule has 0 aromatic heterocycles. The smallest absolute Gasteiger partial charge is 0.160 e. The van der Waals surface area contributed by atoms with Crippen LogP contribution in [0.4, 0.5) is 0 Å². The average Bonchev–Trinajstić information content (AvgIpc) is 2.53.